The summed E-state index contributed by atoms with van der Waals surface area (Å²) in [5, 5.41) is 22.3. The molecule has 1 atom stereocenters. The fourth-order valence-electron chi connectivity index (χ4n) is 3.68. The maximum absolute atomic E-state index is 9.89. The summed E-state index contributed by atoms with van der Waals surface area (Å²) < 4.78 is 7.33. The van der Waals surface area contributed by atoms with Gasteiger partial charge in [-0.1, -0.05) is 50.6 Å². The molecule has 7 nitrogen and oxygen atoms in total. The van der Waals surface area contributed by atoms with Crippen molar-refractivity contribution in [2.45, 2.75) is 39.0 Å². The number of hydrogen-bond donors (Lipinski definition) is 2. The number of nitrogens with zero attached hydrogens (tertiary/aromatic N) is 4. The predicted octanol–water partition coefficient (Wildman–Crippen LogP) is 4.07. The van der Waals surface area contributed by atoms with Gasteiger partial charge in [-0.3, -0.25) is 5.10 Å². The highest BCUT2D eigenvalue weighted by atomic mass is 35.5. The first-order chi connectivity index (χ1) is 13.7. The van der Waals surface area contributed by atoms with Gasteiger partial charge in [0, 0.05) is 16.7 Å². The van der Waals surface area contributed by atoms with Crippen LogP contribution in [0.2, 0.25) is 5.15 Å². The van der Waals surface area contributed by atoms with Crippen molar-refractivity contribution in [3.05, 3.63) is 69.5 Å². The highest BCUT2D eigenvalue weighted by Gasteiger charge is 2.40. The molecule has 8 heteroatoms. The molecule has 148 valence electrons. The fourth-order valence-corrected chi connectivity index (χ4v) is 4.07. The smallest absolute Gasteiger partial charge is 0.244 e. The van der Waals surface area contributed by atoms with Crippen LogP contribution < -0.4 is 10.5 Å². The summed E-state index contributed by atoms with van der Waals surface area (Å²) in [4.78, 5) is 0. The monoisotopic (exact) mass is 408 g/mol. The van der Waals surface area contributed by atoms with Gasteiger partial charge in [-0.25, -0.2) is 4.68 Å². The third-order valence-corrected chi connectivity index (χ3v) is 5.39. The molecule has 0 spiro atoms. The molecule has 0 unspecified atom stereocenters. The molecule has 0 aliphatic carbocycles. The van der Waals surface area contributed by atoms with Crippen LogP contribution in [0.15, 0.2) is 41.8 Å². The molecule has 1 aliphatic rings. The minimum absolute atomic E-state index is 0.0277. The Morgan fingerprint density at radius 3 is 2.55 bits per heavy atom. The van der Waals surface area contributed by atoms with Crippen LogP contribution in [0.3, 0.4) is 0 Å². The number of fused-ring (bicyclic) bond motifs is 1. The van der Waals surface area contributed by atoms with Gasteiger partial charge >= 0.3 is 0 Å². The molecule has 0 fully saturated rings. The molecule has 3 heterocycles. The first-order valence-corrected chi connectivity index (χ1v) is 9.58. The molecule has 1 aromatic carbocycles. The Bertz CT molecular complexity index is 1160. The summed E-state index contributed by atoms with van der Waals surface area (Å²) in [6, 6.07) is 11.8. The molecule has 0 saturated carbocycles. The fraction of sp³-hybridized carbons (Fsp3) is 0.286. The molecular formula is C21H21ClN6O. The predicted molar refractivity (Wildman–Crippen MR) is 110 cm³/mol. The number of nitrogens with one attached hydrogen (secondary N) is 1. The normalized spacial score (nSPS) is 16.3. The van der Waals surface area contributed by atoms with Crippen molar-refractivity contribution >= 4 is 11.6 Å². The number of halogens is 1. The van der Waals surface area contributed by atoms with E-state index in [4.69, 9.17) is 22.1 Å². The summed E-state index contributed by atoms with van der Waals surface area (Å²) in [6.45, 7) is 8.06. The van der Waals surface area contributed by atoms with Gasteiger partial charge in [0.2, 0.25) is 11.8 Å². The van der Waals surface area contributed by atoms with E-state index in [0.717, 1.165) is 16.9 Å². The second-order valence-electron chi connectivity index (χ2n) is 8.03. The molecule has 29 heavy (non-hydrogen) atoms. The van der Waals surface area contributed by atoms with Crippen LogP contribution in [0.5, 0.6) is 5.88 Å². The molecule has 0 radical (unpaired) electrons. The third-order valence-electron chi connectivity index (χ3n) is 5.03. The molecule has 3 N–H and O–H groups in total. The summed E-state index contributed by atoms with van der Waals surface area (Å²) >= 11 is 6.82. The van der Waals surface area contributed by atoms with Gasteiger partial charge in [0.25, 0.3) is 0 Å². The average molecular weight is 409 g/mol. The molecule has 1 aliphatic heterocycles. The van der Waals surface area contributed by atoms with Gasteiger partial charge in [0.05, 0.1) is 22.9 Å². The maximum atomic E-state index is 9.89. The van der Waals surface area contributed by atoms with E-state index in [0.29, 0.717) is 27.9 Å². The molecule has 3 aromatic rings. The van der Waals surface area contributed by atoms with Crippen LogP contribution in [0, 0.1) is 18.3 Å². The third kappa shape index (κ3) is 2.97. The lowest BCUT2D eigenvalue weighted by molar-refractivity contribution is 0.378. The number of hydrogen-bond acceptors (Lipinski definition) is 5. The van der Waals surface area contributed by atoms with Crippen molar-refractivity contribution in [3.63, 3.8) is 0 Å². The lowest BCUT2D eigenvalue weighted by Gasteiger charge is -2.27. The van der Waals surface area contributed by atoms with Crippen molar-refractivity contribution in [2.24, 2.45) is 5.73 Å². The van der Waals surface area contributed by atoms with Gasteiger partial charge in [-0.2, -0.15) is 10.4 Å². The summed E-state index contributed by atoms with van der Waals surface area (Å²) in [7, 11) is 0. The SMILES string of the molecule is Cc1nn(-c2ccccc2)c(Cl)c1[C@@H]1C(C#N)=C(N)Oc2n[nH]c(C(C)(C)C)c21. The Kier molecular flexibility index (Phi) is 4.39. The molecular weight excluding hydrogens is 388 g/mol. The minimum Gasteiger partial charge on any atom is -0.420 e. The zero-order valence-electron chi connectivity index (χ0n) is 16.6. The molecule has 4 rings (SSSR count). The number of aryl methyl sites for hydroxylation is 1. The Hall–Kier alpha value is -3.24. The zero-order chi connectivity index (χ0) is 20.9. The Balaban J connectivity index is 2.00. The lowest BCUT2D eigenvalue weighted by Crippen LogP contribution is -2.24. The van der Waals surface area contributed by atoms with Crippen molar-refractivity contribution < 1.29 is 4.74 Å². The van der Waals surface area contributed by atoms with E-state index in [-0.39, 0.29) is 11.3 Å². The van der Waals surface area contributed by atoms with Gasteiger partial charge in [-0.05, 0) is 19.1 Å². The van der Waals surface area contributed by atoms with E-state index in [9.17, 15) is 5.26 Å². The quantitative estimate of drug-likeness (QED) is 0.664. The van der Waals surface area contributed by atoms with Crippen LogP contribution in [0.1, 0.15) is 49.2 Å². The number of aromatic nitrogens is 4. The number of H-pyrrole nitrogens is 1. The van der Waals surface area contributed by atoms with E-state index in [1.165, 1.54) is 0 Å². The van der Waals surface area contributed by atoms with E-state index in [2.05, 4.69) is 42.1 Å². The molecule has 0 bridgehead atoms. The molecule has 2 aromatic heterocycles. The number of allylic oxidation sites excluding steroid dienone is 1. The summed E-state index contributed by atoms with van der Waals surface area (Å²) in [6.07, 6.45) is 0. The lowest BCUT2D eigenvalue weighted by atomic mass is 9.79. The van der Waals surface area contributed by atoms with Crippen molar-refractivity contribution in [1.29, 1.82) is 5.26 Å². The first kappa shape index (κ1) is 19.1. The average Bonchev–Trinajstić information content (AvgIpc) is 3.22. The summed E-state index contributed by atoms with van der Waals surface area (Å²) in [5.74, 6) is -0.138. The second-order valence-corrected chi connectivity index (χ2v) is 8.39. The number of ether oxygens (including phenoxy) is 1. The van der Waals surface area contributed by atoms with E-state index in [1.54, 1.807) is 4.68 Å². The maximum Gasteiger partial charge on any atom is 0.244 e. The number of rotatable bonds is 2. The Morgan fingerprint density at radius 1 is 1.24 bits per heavy atom. The second kappa shape index (κ2) is 6.68. The number of aromatic amines is 1. The topological polar surface area (TPSA) is 106 Å². The van der Waals surface area contributed by atoms with Crippen LogP contribution in [-0.2, 0) is 5.41 Å². The van der Waals surface area contributed by atoms with Gasteiger partial charge in [-0.15, -0.1) is 5.10 Å². The standard InChI is InChI=1S/C21H21ClN6O/c1-11-14(18(22)28(27-11)12-8-6-5-7-9-12)15-13(10-23)19(24)29-20-16(15)17(25-26-20)21(2,3)4/h5-9,15H,24H2,1-4H3,(H,25,26)/t15-/m0/s1. The summed E-state index contributed by atoms with van der Waals surface area (Å²) in [5.41, 5.74) is 9.99. The Labute approximate surface area is 173 Å². The number of benzene rings is 1. The van der Waals surface area contributed by atoms with Crippen LogP contribution in [0.25, 0.3) is 5.69 Å². The highest BCUT2D eigenvalue weighted by molar-refractivity contribution is 6.30. The van der Waals surface area contributed by atoms with E-state index >= 15 is 0 Å². The van der Waals surface area contributed by atoms with Crippen LogP contribution in [-0.4, -0.2) is 20.0 Å². The van der Waals surface area contributed by atoms with Crippen molar-refractivity contribution in [2.75, 3.05) is 0 Å². The molecule has 0 amide bonds. The first-order valence-electron chi connectivity index (χ1n) is 9.20. The number of nitrogens with two attached hydrogens (primary N) is 1. The van der Waals surface area contributed by atoms with Gasteiger partial charge in [0.15, 0.2) is 0 Å². The van der Waals surface area contributed by atoms with Crippen LogP contribution >= 0.6 is 11.6 Å². The van der Waals surface area contributed by atoms with Gasteiger partial charge < -0.3 is 10.5 Å². The highest BCUT2D eigenvalue weighted by Crippen LogP contribution is 2.48. The molecule has 0 saturated heterocycles. The van der Waals surface area contributed by atoms with Crippen molar-refractivity contribution in [1.82, 2.24) is 20.0 Å². The Morgan fingerprint density at radius 2 is 1.93 bits per heavy atom. The van der Waals surface area contributed by atoms with Gasteiger partial charge in [0.1, 0.15) is 16.8 Å². The van der Waals surface area contributed by atoms with E-state index < -0.39 is 5.92 Å². The minimum atomic E-state index is -0.526. The largest absolute Gasteiger partial charge is 0.420 e. The van der Waals surface area contributed by atoms with E-state index in [1.807, 2.05) is 37.3 Å². The zero-order valence-corrected chi connectivity index (χ0v) is 17.4. The van der Waals surface area contributed by atoms with Crippen LogP contribution in [0.4, 0.5) is 0 Å². The number of para-hydroxylation sites is 1. The van der Waals surface area contributed by atoms with Crippen molar-refractivity contribution in [3.8, 4) is 17.6 Å². The number of nitriles is 1.